The molecule has 1 saturated heterocycles. The van der Waals surface area contributed by atoms with Crippen molar-refractivity contribution in [2.24, 2.45) is 0 Å². The number of rotatable bonds is 6. The van der Waals surface area contributed by atoms with Crippen molar-refractivity contribution in [1.82, 2.24) is 9.47 Å². The number of hydrogen-bond acceptors (Lipinski definition) is 5. The van der Waals surface area contributed by atoms with Crippen LogP contribution in [0.5, 0.6) is 17.2 Å². The molecule has 34 heavy (non-hydrogen) atoms. The Bertz CT molecular complexity index is 1270. The second-order valence-electron chi connectivity index (χ2n) is 8.97. The average molecular weight is 462 g/mol. The van der Waals surface area contributed by atoms with Crippen LogP contribution in [0.3, 0.4) is 0 Å². The molecule has 7 heteroatoms. The zero-order chi connectivity index (χ0) is 23.8. The summed E-state index contributed by atoms with van der Waals surface area (Å²) in [5, 5.41) is 13.8. The summed E-state index contributed by atoms with van der Waals surface area (Å²) in [5.74, 6) is 1.21. The molecule has 0 unspecified atom stereocenters. The Hall–Kier alpha value is -3.29. The standard InChI is InChI=1S/C27H31N3O4/c1-4-28-10-12-29(13-11-28)17-22-24(31)9-7-20-26(32)25(34-27(20)22)14-18-16-30(5-2)23-8-6-19(33-3)15-21(18)23/h6-9,14-16,31H,4-5,10-13,17H2,1-3H3. The lowest BCUT2D eigenvalue weighted by Crippen LogP contribution is -3.13. The number of methoxy groups -OCH3 is 1. The number of quaternary nitrogens is 1. The minimum Gasteiger partial charge on any atom is -0.872 e. The fourth-order valence-corrected chi connectivity index (χ4v) is 5.02. The van der Waals surface area contributed by atoms with Gasteiger partial charge in [-0.15, -0.1) is 0 Å². The van der Waals surface area contributed by atoms with Crippen LogP contribution in [0.2, 0.25) is 0 Å². The van der Waals surface area contributed by atoms with Crippen molar-refractivity contribution in [1.29, 1.82) is 0 Å². The third kappa shape index (κ3) is 3.95. The maximum atomic E-state index is 13.2. The van der Waals surface area contributed by atoms with Crippen LogP contribution in [0.15, 0.2) is 42.3 Å². The fraction of sp³-hybridized carbons (Fsp3) is 0.370. The number of piperazine rings is 1. The molecule has 178 valence electrons. The van der Waals surface area contributed by atoms with Crippen molar-refractivity contribution >= 4 is 22.8 Å². The highest BCUT2D eigenvalue weighted by Gasteiger charge is 2.32. The maximum Gasteiger partial charge on any atom is 0.231 e. The molecule has 1 fully saturated rings. The van der Waals surface area contributed by atoms with Gasteiger partial charge in [0.15, 0.2) is 5.76 Å². The SMILES string of the molecule is CCN1CC[NH+](Cc2c([O-])ccc3c2OC(=Cc2cn(CC)c4ccc(OC)cc24)C3=O)CC1. The number of aryl methyl sites for hydroxylation is 1. The van der Waals surface area contributed by atoms with Crippen LogP contribution in [0.25, 0.3) is 17.0 Å². The highest BCUT2D eigenvalue weighted by molar-refractivity contribution is 6.15. The van der Waals surface area contributed by atoms with Crippen LogP contribution < -0.4 is 19.5 Å². The lowest BCUT2D eigenvalue weighted by molar-refractivity contribution is -0.918. The predicted octanol–water partition coefficient (Wildman–Crippen LogP) is 2.08. The second-order valence-corrected chi connectivity index (χ2v) is 8.97. The number of carbonyl (C=O) groups is 1. The van der Waals surface area contributed by atoms with Crippen molar-refractivity contribution in [3.05, 3.63) is 59.0 Å². The minimum absolute atomic E-state index is 0.0643. The number of allylic oxidation sites excluding steroid dienone is 1. The van der Waals surface area contributed by atoms with Crippen LogP contribution in [-0.4, -0.2) is 55.1 Å². The normalized spacial score (nSPS) is 18.0. The molecule has 3 aromatic rings. The Morgan fingerprint density at radius 3 is 2.65 bits per heavy atom. The topological polar surface area (TPSA) is 71.2 Å². The molecule has 0 saturated carbocycles. The number of carbonyl (C=O) groups excluding carboxylic acids is 1. The van der Waals surface area contributed by atoms with Crippen molar-refractivity contribution in [2.45, 2.75) is 26.9 Å². The molecule has 0 spiro atoms. The zero-order valence-electron chi connectivity index (χ0n) is 20.0. The Labute approximate surface area is 199 Å². The van der Waals surface area contributed by atoms with Gasteiger partial charge in [0.1, 0.15) is 18.0 Å². The third-order valence-electron chi connectivity index (χ3n) is 7.08. The fourth-order valence-electron chi connectivity index (χ4n) is 5.02. The molecule has 2 aromatic carbocycles. The smallest absolute Gasteiger partial charge is 0.231 e. The van der Waals surface area contributed by atoms with E-state index in [0.29, 0.717) is 23.4 Å². The summed E-state index contributed by atoms with van der Waals surface area (Å²) in [5.41, 5.74) is 3.03. The highest BCUT2D eigenvalue weighted by Crippen LogP contribution is 2.39. The maximum absolute atomic E-state index is 13.2. The first-order valence-corrected chi connectivity index (χ1v) is 12.0. The van der Waals surface area contributed by atoms with Crippen LogP contribution in [0.4, 0.5) is 0 Å². The first kappa shape index (κ1) is 22.5. The Kier molecular flexibility index (Phi) is 6.06. The number of likely N-dealkylation sites (N-methyl/N-ethyl adjacent to an activating group) is 1. The summed E-state index contributed by atoms with van der Waals surface area (Å²) < 4.78 is 13.7. The van der Waals surface area contributed by atoms with Gasteiger partial charge in [-0.05, 0) is 43.8 Å². The Morgan fingerprint density at radius 2 is 1.94 bits per heavy atom. The van der Waals surface area contributed by atoms with Crippen molar-refractivity contribution in [3.8, 4) is 17.2 Å². The molecule has 2 aliphatic rings. The molecule has 0 bridgehead atoms. The van der Waals surface area contributed by atoms with E-state index in [1.807, 2.05) is 24.4 Å². The van der Waals surface area contributed by atoms with Gasteiger partial charge in [0.25, 0.3) is 0 Å². The number of ketones is 1. The molecule has 0 radical (unpaired) electrons. The van der Waals surface area contributed by atoms with E-state index in [0.717, 1.165) is 61.5 Å². The van der Waals surface area contributed by atoms with Crippen LogP contribution in [-0.2, 0) is 13.1 Å². The summed E-state index contributed by atoms with van der Waals surface area (Å²) in [6.07, 6.45) is 3.81. The lowest BCUT2D eigenvalue weighted by Gasteiger charge is -2.32. The third-order valence-corrected chi connectivity index (χ3v) is 7.08. The number of aromatic nitrogens is 1. The lowest BCUT2D eigenvalue weighted by atomic mass is 10.0. The van der Waals surface area contributed by atoms with Crippen molar-refractivity contribution in [3.63, 3.8) is 0 Å². The predicted molar refractivity (Wildman–Crippen MR) is 130 cm³/mol. The van der Waals surface area contributed by atoms with E-state index in [9.17, 15) is 9.90 Å². The summed E-state index contributed by atoms with van der Waals surface area (Å²) in [6, 6.07) is 9.04. The molecule has 1 N–H and O–H groups in total. The summed E-state index contributed by atoms with van der Waals surface area (Å²) >= 11 is 0. The Morgan fingerprint density at radius 1 is 1.15 bits per heavy atom. The van der Waals surface area contributed by atoms with Crippen molar-refractivity contribution in [2.75, 3.05) is 39.8 Å². The molecule has 0 aliphatic carbocycles. The number of Topliss-reactive ketones (excluding diaryl/α,β-unsaturated/α-hetero) is 1. The molecule has 3 heterocycles. The van der Waals surface area contributed by atoms with E-state index in [-0.39, 0.29) is 17.3 Å². The van der Waals surface area contributed by atoms with Crippen LogP contribution in [0, 0.1) is 0 Å². The van der Waals surface area contributed by atoms with Crippen molar-refractivity contribution < 1.29 is 24.3 Å². The summed E-state index contributed by atoms with van der Waals surface area (Å²) in [4.78, 5) is 17.0. The van der Waals surface area contributed by atoms with E-state index in [4.69, 9.17) is 9.47 Å². The molecular weight excluding hydrogens is 430 g/mol. The molecule has 7 nitrogen and oxygen atoms in total. The molecule has 0 amide bonds. The van der Waals surface area contributed by atoms with E-state index in [1.54, 1.807) is 19.3 Å². The number of ether oxygens (including phenoxy) is 2. The van der Waals surface area contributed by atoms with Gasteiger partial charge in [-0.1, -0.05) is 18.7 Å². The molecule has 0 atom stereocenters. The summed E-state index contributed by atoms with van der Waals surface area (Å²) in [6.45, 7) is 10.7. The zero-order valence-corrected chi connectivity index (χ0v) is 20.0. The van der Waals surface area contributed by atoms with Gasteiger partial charge in [0, 0.05) is 47.9 Å². The van der Waals surface area contributed by atoms with Gasteiger partial charge in [-0.25, -0.2) is 0 Å². The van der Waals surface area contributed by atoms with Gasteiger partial charge in [-0.3, -0.25) is 9.69 Å². The summed E-state index contributed by atoms with van der Waals surface area (Å²) in [7, 11) is 1.64. The van der Waals surface area contributed by atoms with Gasteiger partial charge in [0.05, 0.1) is 25.8 Å². The number of benzene rings is 2. The van der Waals surface area contributed by atoms with Gasteiger partial charge >= 0.3 is 0 Å². The molecule has 1 aromatic heterocycles. The van der Waals surface area contributed by atoms with E-state index >= 15 is 0 Å². The molecule has 5 rings (SSSR count). The first-order valence-electron chi connectivity index (χ1n) is 12.0. The highest BCUT2D eigenvalue weighted by atomic mass is 16.5. The van der Waals surface area contributed by atoms with Crippen LogP contribution in [0.1, 0.15) is 35.3 Å². The largest absolute Gasteiger partial charge is 0.872 e. The molecule has 2 aliphatic heterocycles. The van der Waals surface area contributed by atoms with Gasteiger partial charge in [0.2, 0.25) is 5.78 Å². The average Bonchev–Trinajstić information content (AvgIpc) is 3.38. The number of nitrogens with one attached hydrogen (secondary N) is 1. The molecular formula is C27H31N3O4. The van der Waals surface area contributed by atoms with E-state index < -0.39 is 0 Å². The Balaban J connectivity index is 1.47. The number of nitrogens with zero attached hydrogens (tertiary/aromatic N) is 2. The second kappa shape index (κ2) is 9.16. The van der Waals surface area contributed by atoms with Crippen LogP contribution >= 0.6 is 0 Å². The number of hydrogen-bond donors (Lipinski definition) is 1. The van der Waals surface area contributed by atoms with Gasteiger partial charge < -0.3 is 24.0 Å². The van der Waals surface area contributed by atoms with E-state index in [1.165, 1.54) is 11.0 Å². The first-order chi connectivity index (χ1) is 16.5. The van der Waals surface area contributed by atoms with Gasteiger partial charge in [-0.2, -0.15) is 0 Å². The minimum atomic E-state index is -0.178. The van der Waals surface area contributed by atoms with E-state index in [2.05, 4.69) is 23.3 Å². The monoisotopic (exact) mass is 461 g/mol. The quantitative estimate of drug-likeness (QED) is 0.569. The number of fused-ring (bicyclic) bond motifs is 2.